The van der Waals surface area contributed by atoms with Crippen LogP contribution in [0.2, 0.25) is 0 Å². The summed E-state index contributed by atoms with van der Waals surface area (Å²) in [5, 5.41) is 2.69. The molecule has 0 saturated heterocycles. The summed E-state index contributed by atoms with van der Waals surface area (Å²) in [5.74, 6) is -1.24. The minimum absolute atomic E-state index is 0.222. The van der Waals surface area contributed by atoms with Crippen molar-refractivity contribution in [2.24, 2.45) is 5.92 Å². The molecule has 5 nitrogen and oxygen atoms in total. The number of hydrogen-bond donors (Lipinski definition) is 1. The summed E-state index contributed by atoms with van der Waals surface area (Å²) in [6.45, 7) is 10.2. The molecule has 0 aliphatic heterocycles. The van der Waals surface area contributed by atoms with E-state index in [1.165, 1.54) is 13.8 Å². The van der Waals surface area contributed by atoms with Gasteiger partial charge in [-0.1, -0.05) is 26.2 Å². The lowest BCUT2D eigenvalue weighted by Gasteiger charge is -2.27. The maximum absolute atomic E-state index is 11.9. The predicted octanol–water partition coefficient (Wildman–Crippen LogP) is 3.25. The van der Waals surface area contributed by atoms with E-state index in [4.69, 9.17) is 4.74 Å². The van der Waals surface area contributed by atoms with Gasteiger partial charge >= 0.3 is 6.09 Å². The molecule has 0 fully saturated rings. The quantitative estimate of drug-likeness (QED) is 0.551. The molecular weight excluding hydrogens is 270 g/mol. The molecule has 5 heteroatoms. The average molecular weight is 299 g/mol. The topological polar surface area (TPSA) is 72.5 Å². The van der Waals surface area contributed by atoms with Crippen LogP contribution in [0.15, 0.2) is 0 Å². The summed E-state index contributed by atoms with van der Waals surface area (Å²) in [7, 11) is 0. The van der Waals surface area contributed by atoms with E-state index in [-0.39, 0.29) is 11.6 Å². The van der Waals surface area contributed by atoms with E-state index in [0.29, 0.717) is 6.42 Å². The number of carbonyl (C=O) groups is 3. The second-order valence-corrected chi connectivity index (χ2v) is 6.45. The van der Waals surface area contributed by atoms with E-state index in [2.05, 4.69) is 12.2 Å². The van der Waals surface area contributed by atoms with Gasteiger partial charge in [-0.15, -0.1) is 0 Å². The van der Waals surface area contributed by atoms with Crippen molar-refractivity contribution >= 4 is 17.7 Å². The Hall–Kier alpha value is -1.39. The maximum atomic E-state index is 11.9. The molecule has 0 aliphatic carbocycles. The smallest absolute Gasteiger partial charge is 0.407 e. The first-order valence-corrected chi connectivity index (χ1v) is 7.59. The Labute approximate surface area is 127 Å². The van der Waals surface area contributed by atoms with Gasteiger partial charge in [0.1, 0.15) is 17.2 Å². The number of carbonyl (C=O) groups excluding carboxylic acids is 3. The molecule has 1 atom stereocenters. The Bertz CT molecular complexity index is 357. The number of amides is 1. The molecular formula is C16H29NO4. The van der Waals surface area contributed by atoms with Crippen LogP contribution >= 0.6 is 0 Å². The van der Waals surface area contributed by atoms with Crippen LogP contribution in [-0.4, -0.2) is 29.3 Å². The Morgan fingerprint density at radius 1 is 1.05 bits per heavy atom. The molecule has 0 radical (unpaired) electrons. The Kier molecular flexibility index (Phi) is 8.22. The van der Waals surface area contributed by atoms with Gasteiger partial charge in [0.2, 0.25) is 0 Å². The number of alkyl carbamates (subject to hydrolysis) is 1. The van der Waals surface area contributed by atoms with E-state index in [0.717, 1.165) is 19.3 Å². The molecule has 0 rings (SSSR count). The zero-order chi connectivity index (χ0) is 16.6. The van der Waals surface area contributed by atoms with Crippen LogP contribution in [0.3, 0.4) is 0 Å². The van der Waals surface area contributed by atoms with Crippen molar-refractivity contribution < 1.29 is 19.1 Å². The average Bonchev–Trinajstić information content (AvgIpc) is 2.25. The predicted molar refractivity (Wildman–Crippen MR) is 82.2 cm³/mol. The van der Waals surface area contributed by atoms with Crippen molar-refractivity contribution in [3.63, 3.8) is 0 Å². The SMILES string of the molecule is CCCCC[C@@H](NC(=O)OC(C)(C)C)C(C(C)=O)C(C)=O. The first kappa shape index (κ1) is 19.6. The first-order valence-electron chi connectivity index (χ1n) is 7.59. The van der Waals surface area contributed by atoms with Gasteiger partial charge in [-0.25, -0.2) is 4.79 Å². The lowest BCUT2D eigenvalue weighted by atomic mass is 9.88. The number of nitrogens with one attached hydrogen (secondary N) is 1. The lowest BCUT2D eigenvalue weighted by Crippen LogP contribution is -2.47. The van der Waals surface area contributed by atoms with Crippen LogP contribution in [0.4, 0.5) is 4.79 Å². The van der Waals surface area contributed by atoms with Crippen LogP contribution in [0.1, 0.15) is 67.2 Å². The van der Waals surface area contributed by atoms with Gasteiger partial charge < -0.3 is 10.1 Å². The van der Waals surface area contributed by atoms with Crippen LogP contribution < -0.4 is 5.32 Å². The van der Waals surface area contributed by atoms with Crippen molar-refractivity contribution in [3.05, 3.63) is 0 Å². The van der Waals surface area contributed by atoms with Gasteiger partial charge in [0.15, 0.2) is 0 Å². The Balaban J connectivity index is 4.91. The fourth-order valence-corrected chi connectivity index (χ4v) is 2.25. The van der Waals surface area contributed by atoms with Crippen LogP contribution in [0, 0.1) is 5.92 Å². The Morgan fingerprint density at radius 2 is 1.57 bits per heavy atom. The highest BCUT2D eigenvalue weighted by molar-refractivity contribution is 6.01. The number of hydrogen-bond acceptors (Lipinski definition) is 4. The van der Waals surface area contributed by atoms with Gasteiger partial charge in [0.25, 0.3) is 0 Å². The summed E-state index contributed by atoms with van der Waals surface area (Å²) < 4.78 is 5.21. The van der Waals surface area contributed by atoms with E-state index < -0.39 is 23.7 Å². The summed E-state index contributed by atoms with van der Waals surface area (Å²) in [5.41, 5.74) is -0.611. The minimum Gasteiger partial charge on any atom is -0.444 e. The number of Topliss-reactive ketones (excluding diaryl/α,β-unsaturated/α-hetero) is 2. The van der Waals surface area contributed by atoms with Crippen molar-refractivity contribution in [1.29, 1.82) is 0 Å². The molecule has 0 aromatic rings. The number of ether oxygens (including phenoxy) is 1. The fourth-order valence-electron chi connectivity index (χ4n) is 2.25. The zero-order valence-corrected chi connectivity index (χ0v) is 14.1. The molecule has 0 spiro atoms. The normalized spacial score (nSPS) is 12.9. The second kappa shape index (κ2) is 8.80. The summed E-state index contributed by atoms with van der Waals surface area (Å²) in [6, 6.07) is -0.499. The zero-order valence-electron chi connectivity index (χ0n) is 14.1. The van der Waals surface area contributed by atoms with Crippen LogP contribution in [0.25, 0.3) is 0 Å². The third-order valence-corrected chi connectivity index (χ3v) is 3.10. The molecule has 21 heavy (non-hydrogen) atoms. The molecule has 0 bridgehead atoms. The van der Waals surface area contributed by atoms with Gasteiger partial charge in [0.05, 0.1) is 5.92 Å². The third kappa shape index (κ3) is 8.48. The molecule has 122 valence electrons. The van der Waals surface area contributed by atoms with Gasteiger partial charge in [-0.2, -0.15) is 0 Å². The molecule has 0 aromatic heterocycles. The number of ketones is 2. The number of unbranched alkanes of at least 4 members (excludes halogenated alkanes) is 2. The largest absolute Gasteiger partial charge is 0.444 e. The standard InChI is InChI=1S/C16H29NO4/c1-7-8-9-10-13(14(11(2)18)12(3)19)17-15(20)21-16(4,5)6/h13-14H,7-10H2,1-6H3,(H,17,20)/t13-/m1/s1. The summed E-state index contributed by atoms with van der Waals surface area (Å²) in [6.07, 6.45) is 2.89. The van der Waals surface area contributed by atoms with E-state index >= 15 is 0 Å². The molecule has 0 aromatic carbocycles. The summed E-state index contributed by atoms with van der Waals surface area (Å²) >= 11 is 0. The van der Waals surface area contributed by atoms with Crippen molar-refractivity contribution in [2.45, 2.75) is 78.9 Å². The number of rotatable bonds is 8. The molecule has 0 unspecified atom stereocenters. The second-order valence-electron chi connectivity index (χ2n) is 6.45. The van der Waals surface area contributed by atoms with Crippen molar-refractivity contribution in [3.8, 4) is 0 Å². The highest BCUT2D eigenvalue weighted by atomic mass is 16.6. The molecule has 0 saturated carbocycles. The summed E-state index contributed by atoms with van der Waals surface area (Å²) in [4.78, 5) is 35.3. The van der Waals surface area contributed by atoms with Gasteiger partial charge in [-0.05, 0) is 41.0 Å². The van der Waals surface area contributed by atoms with E-state index in [9.17, 15) is 14.4 Å². The minimum atomic E-state index is -0.797. The Morgan fingerprint density at radius 3 is 1.95 bits per heavy atom. The van der Waals surface area contributed by atoms with E-state index in [1.807, 2.05) is 0 Å². The highest BCUT2D eigenvalue weighted by Gasteiger charge is 2.31. The van der Waals surface area contributed by atoms with Crippen LogP contribution in [-0.2, 0) is 14.3 Å². The van der Waals surface area contributed by atoms with E-state index in [1.54, 1.807) is 20.8 Å². The van der Waals surface area contributed by atoms with Gasteiger partial charge in [0, 0.05) is 6.04 Å². The fraction of sp³-hybridized carbons (Fsp3) is 0.812. The first-order chi connectivity index (χ1) is 9.58. The lowest BCUT2D eigenvalue weighted by molar-refractivity contribution is -0.131. The van der Waals surface area contributed by atoms with Gasteiger partial charge in [-0.3, -0.25) is 9.59 Å². The maximum Gasteiger partial charge on any atom is 0.407 e. The molecule has 1 N–H and O–H groups in total. The molecule has 0 aliphatic rings. The van der Waals surface area contributed by atoms with Crippen LogP contribution in [0.5, 0.6) is 0 Å². The molecule has 0 heterocycles. The third-order valence-electron chi connectivity index (χ3n) is 3.10. The highest BCUT2D eigenvalue weighted by Crippen LogP contribution is 2.16. The van der Waals surface area contributed by atoms with Crippen molar-refractivity contribution in [1.82, 2.24) is 5.32 Å². The monoisotopic (exact) mass is 299 g/mol. The van der Waals surface area contributed by atoms with Crippen molar-refractivity contribution in [2.75, 3.05) is 0 Å². The molecule has 1 amide bonds.